The third-order valence-electron chi connectivity index (χ3n) is 3.00. The fourth-order valence-corrected chi connectivity index (χ4v) is 2.69. The Morgan fingerprint density at radius 3 is 2.67 bits per heavy atom. The zero-order valence-corrected chi connectivity index (χ0v) is 12.9. The number of para-hydroxylation sites is 1. The molecule has 1 heterocycles. The second kappa shape index (κ2) is 7.47. The Kier molecular flexibility index (Phi) is 5.64. The van der Waals surface area contributed by atoms with Gasteiger partial charge in [0.2, 0.25) is 0 Å². The van der Waals surface area contributed by atoms with E-state index in [1.54, 1.807) is 0 Å². The number of nitrogens with zero attached hydrogens (tertiary/aromatic N) is 1. The van der Waals surface area contributed by atoms with Gasteiger partial charge in [0.1, 0.15) is 17.3 Å². The quantitative estimate of drug-likeness (QED) is 0.808. The van der Waals surface area contributed by atoms with E-state index in [2.05, 4.69) is 29.5 Å². The zero-order chi connectivity index (χ0) is 15.2. The van der Waals surface area contributed by atoms with E-state index >= 15 is 0 Å². The first-order valence-electron chi connectivity index (χ1n) is 6.99. The van der Waals surface area contributed by atoms with Gasteiger partial charge < -0.3 is 10.6 Å². The summed E-state index contributed by atoms with van der Waals surface area (Å²) in [5, 5.41) is 8.50. The minimum atomic E-state index is -0.621. The molecule has 0 radical (unpaired) electrons. The summed E-state index contributed by atoms with van der Waals surface area (Å²) in [5.74, 6) is -1.24. The number of hydrogen-bond donors (Lipinski definition) is 2. The third kappa shape index (κ3) is 4.47. The fourth-order valence-electron chi connectivity index (χ4n) is 1.96. The van der Waals surface area contributed by atoms with Crippen LogP contribution < -0.4 is 10.6 Å². The molecule has 3 nitrogen and oxygen atoms in total. The van der Waals surface area contributed by atoms with Crippen molar-refractivity contribution < 1.29 is 8.78 Å². The van der Waals surface area contributed by atoms with Gasteiger partial charge >= 0.3 is 0 Å². The van der Waals surface area contributed by atoms with Crippen molar-refractivity contribution in [2.75, 3.05) is 11.9 Å². The van der Waals surface area contributed by atoms with Crippen LogP contribution in [-0.2, 0) is 6.42 Å². The summed E-state index contributed by atoms with van der Waals surface area (Å²) in [4.78, 5) is 4.37. The average molecular weight is 311 g/mol. The van der Waals surface area contributed by atoms with Gasteiger partial charge in [0.25, 0.3) is 0 Å². The van der Waals surface area contributed by atoms with Crippen molar-refractivity contribution in [2.45, 2.75) is 32.7 Å². The van der Waals surface area contributed by atoms with Crippen LogP contribution in [0, 0.1) is 11.6 Å². The Morgan fingerprint density at radius 2 is 2.00 bits per heavy atom. The highest BCUT2D eigenvalue weighted by atomic mass is 32.1. The molecule has 114 valence electrons. The predicted molar refractivity (Wildman–Crippen MR) is 83.2 cm³/mol. The van der Waals surface area contributed by atoms with Gasteiger partial charge in [-0.05, 0) is 32.0 Å². The van der Waals surface area contributed by atoms with Gasteiger partial charge in [-0.2, -0.15) is 0 Å². The summed E-state index contributed by atoms with van der Waals surface area (Å²) < 4.78 is 27.1. The van der Waals surface area contributed by atoms with Crippen LogP contribution in [-0.4, -0.2) is 17.6 Å². The van der Waals surface area contributed by atoms with E-state index in [1.165, 1.54) is 29.5 Å². The Morgan fingerprint density at radius 1 is 1.29 bits per heavy atom. The summed E-state index contributed by atoms with van der Waals surface area (Å²) in [5.41, 5.74) is 0.755. The van der Waals surface area contributed by atoms with Gasteiger partial charge in [0, 0.05) is 17.8 Å². The smallest absolute Gasteiger partial charge is 0.187 e. The van der Waals surface area contributed by atoms with Gasteiger partial charge in [-0.3, -0.25) is 0 Å². The summed E-state index contributed by atoms with van der Waals surface area (Å²) >= 11 is 1.34. The molecule has 0 amide bonds. The van der Waals surface area contributed by atoms with Crippen molar-refractivity contribution >= 4 is 22.2 Å². The number of anilines is 2. The number of halogens is 2. The van der Waals surface area contributed by atoms with Crippen LogP contribution in [0.2, 0.25) is 0 Å². The van der Waals surface area contributed by atoms with Crippen LogP contribution >= 0.6 is 11.3 Å². The lowest BCUT2D eigenvalue weighted by Gasteiger charge is -2.11. The second-order valence-corrected chi connectivity index (χ2v) is 5.78. The number of aromatic nitrogens is 1. The van der Waals surface area contributed by atoms with E-state index in [1.807, 2.05) is 5.38 Å². The molecule has 2 aromatic rings. The Bertz CT molecular complexity index is 566. The van der Waals surface area contributed by atoms with Crippen LogP contribution in [0.5, 0.6) is 0 Å². The maximum Gasteiger partial charge on any atom is 0.187 e. The minimum Gasteiger partial charge on any atom is -0.327 e. The summed E-state index contributed by atoms with van der Waals surface area (Å²) in [6, 6.07) is 4.10. The third-order valence-corrected chi connectivity index (χ3v) is 3.81. The SMILES string of the molecule is CCCNC(C)Cc1csc(Nc2c(F)cccc2F)n1. The molecule has 0 fully saturated rings. The van der Waals surface area contributed by atoms with Crippen molar-refractivity contribution in [2.24, 2.45) is 0 Å². The first kappa shape index (κ1) is 15.9. The molecule has 2 rings (SSSR count). The maximum absolute atomic E-state index is 13.6. The topological polar surface area (TPSA) is 37.0 Å². The summed E-state index contributed by atoms with van der Waals surface area (Å²) in [6.45, 7) is 5.18. The molecule has 0 saturated carbocycles. The Hall–Kier alpha value is -1.53. The molecule has 1 atom stereocenters. The van der Waals surface area contributed by atoms with Crippen molar-refractivity contribution in [3.05, 3.63) is 40.9 Å². The molecule has 1 aromatic carbocycles. The molecule has 0 aliphatic rings. The molecule has 1 unspecified atom stereocenters. The van der Waals surface area contributed by atoms with Crippen LogP contribution in [0.15, 0.2) is 23.6 Å². The molecule has 0 bridgehead atoms. The molecule has 0 aliphatic carbocycles. The predicted octanol–water partition coefficient (Wildman–Crippen LogP) is 4.10. The number of thiazole rings is 1. The lowest BCUT2D eigenvalue weighted by Crippen LogP contribution is -2.28. The lowest BCUT2D eigenvalue weighted by atomic mass is 10.2. The first-order valence-corrected chi connectivity index (χ1v) is 7.87. The lowest BCUT2D eigenvalue weighted by molar-refractivity contribution is 0.540. The summed E-state index contributed by atoms with van der Waals surface area (Å²) in [6.07, 6.45) is 1.87. The molecule has 0 aliphatic heterocycles. The highest BCUT2D eigenvalue weighted by molar-refractivity contribution is 7.13. The minimum absolute atomic E-state index is 0.157. The molecule has 6 heteroatoms. The summed E-state index contributed by atoms with van der Waals surface area (Å²) in [7, 11) is 0. The van der Waals surface area contributed by atoms with E-state index in [0.29, 0.717) is 11.2 Å². The van der Waals surface area contributed by atoms with Crippen molar-refractivity contribution in [3.63, 3.8) is 0 Å². The van der Waals surface area contributed by atoms with Crippen LogP contribution in [0.25, 0.3) is 0 Å². The monoisotopic (exact) mass is 311 g/mol. The number of benzene rings is 1. The molecular formula is C15H19F2N3S. The van der Waals surface area contributed by atoms with E-state index in [-0.39, 0.29) is 5.69 Å². The molecule has 21 heavy (non-hydrogen) atoms. The van der Waals surface area contributed by atoms with Crippen LogP contribution in [0.1, 0.15) is 26.0 Å². The van der Waals surface area contributed by atoms with Gasteiger partial charge in [0.05, 0.1) is 5.69 Å². The van der Waals surface area contributed by atoms with Gasteiger partial charge in [-0.15, -0.1) is 11.3 Å². The Labute approximate surface area is 127 Å². The normalized spacial score (nSPS) is 12.4. The van der Waals surface area contributed by atoms with Crippen molar-refractivity contribution in [1.29, 1.82) is 0 Å². The zero-order valence-electron chi connectivity index (χ0n) is 12.1. The highest BCUT2D eigenvalue weighted by Crippen LogP contribution is 2.25. The molecule has 0 saturated heterocycles. The van der Waals surface area contributed by atoms with Gasteiger partial charge in [-0.25, -0.2) is 13.8 Å². The largest absolute Gasteiger partial charge is 0.327 e. The number of hydrogen-bond acceptors (Lipinski definition) is 4. The molecule has 0 spiro atoms. The van der Waals surface area contributed by atoms with E-state index in [4.69, 9.17) is 0 Å². The van der Waals surface area contributed by atoms with Crippen molar-refractivity contribution in [3.8, 4) is 0 Å². The highest BCUT2D eigenvalue weighted by Gasteiger charge is 2.11. The maximum atomic E-state index is 13.6. The van der Waals surface area contributed by atoms with Crippen LogP contribution in [0.4, 0.5) is 19.6 Å². The molecular weight excluding hydrogens is 292 g/mol. The van der Waals surface area contributed by atoms with Gasteiger partial charge in [-0.1, -0.05) is 13.0 Å². The number of rotatable bonds is 7. The Balaban J connectivity index is 2.00. The fraction of sp³-hybridized carbons (Fsp3) is 0.400. The molecule has 2 N–H and O–H groups in total. The van der Waals surface area contributed by atoms with E-state index in [9.17, 15) is 8.78 Å². The number of nitrogens with one attached hydrogen (secondary N) is 2. The first-order chi connectivity index (χ1) is 10.1. The van der Waals surface area contributed by atoms with Gasteiger partial charge in [0.15, 0.2) is 5.13 Å². The second-order valence-electron chi connectivity index (χ2n) is 4.92. The van der Waals surface area contributed by atoms with E-state index in [0.717, 1.165) is 25.1 Å². The van der Waals surface area contributed by atoms with Crippen molar-refractivity contribution in [1.82, 2.24) is 10.3 Å². The average Bonchev–Trinajstić information content (AvgIpc) is 2.88. The van der Waals surface area contributed by atoms with Crippen LogP contribution in [0.3, 0.4) is 0 Å². The molecule has 1 aromatic heterocycles. The standard InChI is InChI=1S/C15H19F2N3S/c1-3-7-18-10(2)8-11-9-21-15(19-11)20-14-12(16)5-4-6-13(14)17/h4-6,9-10,18H,3,7-8H2,1-2H3,(H,19,20). The van der Waals surface area contributed by atoms with E-state index < -0.39 is 11.6 Å².